The number of nitrogens with one attached hydrogen (secondary N) is 2. The molecule has 2 N–H and O–H groups in total. The molecule has 1 aliphatic heterocycles. The third-order valence-electron chi connectivity index (χ3n) is 5.27. The molecule has 1 saturated heterocycles. The van der Waals surface area contributed by atoms with Crippen molar-refractivity contribution in [2.45, 2.75) is 51.2 Å². The molecular formula is C19H25ClN4O4. The van der Waals surface area contributed by atoms with Crippen LogP contribution in [0.15, 0.2) is 18.2 Å². The standard InChI is InChI=1S/C19H25ClN4O4/c1-11(2)17(19(26)21-12-7-8-23(10-12)13-3-4-13)22-18(25)15-6-5-14(24(27)28)9-16(15)20/h5-6,9,11-13,17H,3-4,7-8,10H2,1-2H3,(H,21,26)(H,22,25). The van der Waals surface area contributed by atoms with E-state index in [0.29, 0.717) is 6.04 Å². The van der Waals surface area contributed by atoms with Crippen molar-refractivity contribution < 1.29 is 14.5 Å². The van der Waals surface area contributed by atoms with Gasteiger partial charge in [0.1, 0.15) is 6.04 Å². The minimum atomic E-state index is -0.714. The Morgan fingerprint density at radius 3 is 2.57 bits per heavy atom. The lowest BCUT2D eigenvalue weighted by molar-refractivity contribution is -0.384. The summed E-state index contributed by atoms with van der Waals surface area (Å²) in [6, 6.07) is 3.70. The number of hydrogen-bond acceptors (Lipinski definition) is 5. The van der Waals surface area contributed by atoms with Gasteiger partial charge in [0.15, 0.2) is 0 Å². The van der Waals surface area contributed by atoms with Gasteiger partial charge in [0.05, 0.1) is 15.5 Å². The van der Waals surface area contributed by atoms with Crippen LogP contribution in [0.2, 0.25) is 5.02 Å². The second kappa shape index (κ2) is 8.45. The van der Waals surface area contributed by atoms with Crippen molar-refractivity contribution in [1.82, 2.24) is 15.5 Å². The van der Waals surface area contributed by atoms with Crippen molar-refractivity contribution in [2.24, 2.45) is 5.92 Å². The summed E-state index contributed by atoms with van der Waals surface area (Å²) >= 11 is 6.03. The van der Waals surface area contributed by atoms with E-state index >= 15 is 0 Å². The Kier molecular flexibility index (Phi) is 6.20. The van der Waals surface area contributed by atoms with Gasteiger partial charge in [-0.05, 0) is 31.2 Å². The minimum absolute atomic E-state index is 0.0227. The topological polar surface area (TPSA) is 105 Å². The molecule has 2 atom stereocenters. The first-order chi connectivity index (χ1) is 13.3. The monoisotopic (exact) mass is 408 g/mol. The molecular weight excluding hydrogens is 384 g/mol. The van der Waals surface area contributed by atoms with E-state index in [9.17, 15) is 19.7 Å². The summed E-state index contributed by atoms with van der Waals surface area (Å²) < 4.78 is 0. The van der Waals surface area contributed by atoms with Gasteiger partial charge in [-0.3, -0.25) is 24.6 Å². The van der Waals surface area contributed by atoms with Crippen molar-refractivity contribution in [2.75, 3.05) is 13.1 Å². The maximum atomic E-state index is 12.8. The second-order valence-corrected chi connectivity index (χ2v) is 8.24. The fourth-order valence-corrected chi connectivity index (χ4v) is 3.78. The number of rotatable bonds is 7. The first-order valence-electron chi connectivity index (χ1n) is 9.55. The van der Waals surface area contributed by atoms with Crippen molar-refractivity contribution in [3.8, 4) is 0 Å². The number of non-ortho nitro benzene ring substituents is 1. The van der Waals surface area contributed by atoms with Gasteiger partial charge < -0.3 is 10.6 Å². The number of nitro benzene ring substituents is 1. The molecule has 152 valence electrons. The Balaban J connectivity index is 1.62. The zero-order valence-electron chi connectivity index (χ0n) is 16.0. The van der Waals surface area contributed by atoms with Gasteiger partial charge in [-0.25, -0.2) is 0 Å². The van der Waals surface area contributed by atoms with Crippen LogP contribution in [0.5, 0.6) is 0 Å². The number of halogens is 1. The summed E-state index contributed by atoms with van der Waals surface area (Å²) in [5.74, 6) is -0.870. The van der Waals surface area contributed by atoms with Crippen LogP contribution >= 0.6 is 11.6 Å². The van der Waals surface area contributed by atoms with Crippen molar-refractivity contribution in [3.05, 3.63) is 38.9 Å². The highest BCUT2D eigenvalue weighted by Crippen LogP contribution is 2.30. The average molecular weight is 409 g/mol. The molecule has 2 fully saturated rings. The molecule has 1 saturated carbocycles. The number of nitro groups is 1. The average Bonchev–Trinajstić information content (AvgIpc) is 3.38. The fourth-order valence-electron chi connectivity index (χ4n) is 3.52. The first kappa shape index (κ1) is 20.5. The second-order valence-electron chi connectivity index (χ2n) is 7.84. The van der Waals surface area contributed by atoms with E-state index in [0.717, 1.165) is 25.6 Å². The molecule has 3 rings (SSSR count). The molecule has 0 radical (unpaired) electrons. The molecule has 2 amide bonds. The fraction of sp³-hybridized carbons (Fsp3) is 0.579. The van der Waals surface area contributed by atoms with Crippen LogP contribution in [-0.2, 0) is 4.79 Å². The van der Waals surface area contributed by atoms with E-state index in [1.54, 1.807) is 0 Å². The van der Waals surface area contributed by atoms with Crippen LogP contribution in [0, 0.1) is 16.0 Å². The molecule has 1 heterocycles. The molecule has 2 aliphatic rings. The number of hydrogen-bond donors (Lipinski definition) is 2. The number of nitrogens with zero attached hydrogens (tertiary/aromatic N) is 2. The van der Waals surface area contributed by atoms with E-state index in [2.05, 4.69) is 15.5 Å². The van der Waals surface area contributed by atoms with Crippen LogP contribution < -0.4 is 10.6 Å². The van der Waals surface area contributed by atoms with Gasteiger partial charge >= 0.3 is 0 Å². The molecule has 1 aliphatic carbocycles. The van der Waals surface area contributed by atoms with E-state index in [-0.39, 0.29) is 34.1 Å². The Labute approximate surface area is 168 Å². The smallest absolute Gasteiger partial charge is 0.270 e. The largest absolute Gasteiger partial charge is 0.350 e. The molecule has 1 aromatic rings. The van der Waals surface area contributed by atoms with Gasteiger partial charge in [-0.15, -0.1) is 0 Å². The predicted molar refractivity (Wildman–Crippen MR) is 105 cm³/mol. The van der Waals surface area contributed by atoms with Crippen LogP contribution in [0.1, 0.15) is 43.5 Å². The quantitative estimate of drug-likeness (QED) is 0.532. The summed E-state index contributed by atoms with van der Waals surface area (Å²) in [7, 11) is 0. The van der Waals surface area contributed by atoms with E-state index in [4.69, 9.17) is 11.6 Å². The van der Waals surface area contributed by atoms with E-state index in [1.807, 2.05) is 13.8 Å². The molecule has 2 unspecified atom stereocenters. The van der Waals surface area contributed by atoms with E-state index in [1.165, 1.54) is 25.0 Å². The minimum Gasteiger partial charge on any atom is -0.350 e. The number of carbonyl (C=O) groups excluding carboxylic acids is 2. The SMILES string of the molecule is CC(C)C(NC(=O)c1ccc([N+](=O)[O-])cc1Cl)C(=O)NC1CCN(C2CC2)C1. The maximum Gasteiger partial charge on any atom is 0.270 e. The van der Waals surface area contributed by atoms with Crippen molar-refractivity contribution in [1.29, 1.82) is 0 Å². The number of carbonyl (C=O) groups is 2. The Morgan fingerprint density at radius 1 is 1.29 bits per heavy atom. The summed E-state index contributed by atoms with van der Waals surface area (Å²) in [5, 5.41) is 16.6. The maximum absolute atomic E-state index is 12.8. The van der Waals surface area contributed by atoms with Crippen LogP contribution in [0.3, 0.4) is 0 Å². The Morgan fingerprint density at radius 2 is 2.00 bits per heavy atom. The number of likely N-dealkylation sites (tertiary alicyclic amines) is 1. The number of amides is 2. The number of benzene rings is 1. The van der Waals surface area contributed by atoms with Gasteiger partial charge in [-0.2, -0.15) is 0 Å². The molecule has 1 aromatic carbocycles. The summed E-state index contributed by atoms with van der Waals surface area (Å²) in [4.78, 5) is 38.0. The van der Waals surface area contributed by atoms with Gasteiger partial charge in [-0.1, -0.05) is 25.4 Å². The summed E-state index contributed by atoms with van der Waals surface area (Å²) in [6.45, 7) is 5.55. The molecule has 8 nitrogen and oxygen atoms in total. The lowest BCUT2D eigenvalue weighted by Gasteiger charge is -2.24. The van der Waals surface area contributed by atoms with Crippen molar-refractivity contribution >= 4 is 29.1 Å². The zero-order valence-corrected chi connectivity index (χ0v) is 16.7. The van der Waals surface area contributed by atoms with Crippen LogP contribution in [0.4, 0.5) is 5.69 Å². The first-order valence-corrected chi connectivity index (χ1v) is 9.93. The zero-order chi connectivity index (χ0) is 20.4. The van der Waals surface area contributed by atoms with Gasteiger partial charge in [0.25, 0.3) is 11.6 Å². The lowest BCUT2D eigenvalue weighted by Crippen LogP contribution is -2.52. The molecule has 9 heteroatoms. The third kappa shape index (κ3) is 4.80. The van der Waals surface area contributed by atoms with Crippen LogP contribution in [0.25, 0.3) is 0 Å². The summed E-state index contributed by atoms with van der Waals surface area (Å²) in [5.41, 5.74) is -0.0901. The highest BCUT2D eigenvalue weighted by Gasteiger charge is 2.36. The molecule has 0 spiro atoms. The highest BCUT2D eigenvalue weighted by molar-refractivity contribution is 6.34. The molecule has 28 heavy (non-hydrogen) atoms. The summed E-state index contributed by atoms with van der Waals surface area (Å²) in [6.07, 6.45) is 3.39. The normalized spacial score (nSPS) is 20.8. The molecule has 0 bridgehead atoms. The van der Waals surface area contributed by atoms with Gasteiger partial charge in [0, 0.05) is 37.3 Å². The third-order valence-corrected chi connectivity index (χ3v) is 5.59. The van der Waals surface area contributed by atoms with E-state index < -0.39 is 16.9 Å². The highest BCUT2D eigenvalue weighted by atomic mass is 35.5. The molecule has 0 aromatic heterocycles. The Hall–Kier alpha value is -2.19. The predicted octanol–water partition coefficient (Wildman–Crippen LogP) is 2.36. The van der Waals surface area contributed by atoms with Crippen molar-refractivity contribution in [3.63, 3.8) is 0 Å². The lowest BCUT2D eigenvalue weighted by atomic mass is 10.0. The van der Waals surface area contributed by atoms with Gasteiger partial charge in [0.2, 0.25) is 5.91 Å². The van der Waals surface area contributed by atoms with Crippen LogP contribution in [-0.4, -0.2) is 52.9 Å². The Bertz CT molecular complexity index is 781.